The van der Waals surface area contributed by atoms with Crippen molar-refractivity contribution in [1.29, 1.82) is 0 Å². The first kappa shape index (κ1) is 29.7. The molecule has 2 aromatic carbocycles. The van der Waals surface area contributed by atoms with Crippen LogP contribution in [-0.2, 0) is 16.0 Å². The molecular formula is C25H34N6O5. The van der Waals surface area contributed by atoms with Crippen LogP contribution in [0.4, 0.5) is 11.5 Å². The number of amides is 1. The first-order chi connectivity index (χ1) is 17.2. The number of hydrazine groups is 1. The van der Waals surface area contributed by atoms with Gasteiger partial charge in [-0.3, -0.25) is 14.4 Å². The quantitative estimate of drug-likeness (QED) is 0.199. The summed E-state index contributed by atoms with van der Waals surface area (Å²) >= 11 is 0. The van der Waals surface area contributed by atoms with E-state index in [1.54, 1.807) is 6.07 Å². The van der Waals surface area contributed by atoms with Crippen LogP contribution >= 0.6 is 0 Å². The molecule has 0 bridgehead atoms. The van der Waals surface area contributed by atoms with Gasteiger partial charge in [0.15, 0.2) is 5.82 Å². The van der Waals surface area contributed by atoms with Crippen LogP contribution in [0.3, 0.4) is 0 Å². The Balaban J connectivity index is 0.000000982. The molecule has 3 rings (SSSR count). The molecule has 0 atom stereocenters. The number of aliphatic carboxylic acids is 1. The Kier molecular flexibility index (Phi) is 12.2. The second-order valence-corrected chi connectivity index (χ2v) is 7.17. The van der Waals surface area contributed by atoms with E-state index in [0.717, 1.165) is 16.7 Å². The number of carbonyl (C=O) groups excluding carboxylic acids is 1. The minimum Gasteiger partial charge on any atom is -0.493 e. The first-order valence-corrected chi connectivity index (χ1v) is 11.4. The fourth-order valence-electron chi connectivity index (χ4n) is 3.05. The van der Waals surface area contributed by atoms with Crippen molar-refractivity contribution in [2.45, 2.75) is 40.5 Å². The van der Waals surface area contributed by atoms with Gasteiger partial charge in [-0.05, 0) is 42.2 Å². The number of nitrogens with one attached hydrogen (secondary N) is 2. The van der Waals surface area contributed by atoms with Gasteiger partial charge in [0.2, 0.25) is 5.91 Å². The van der Waals surface area contributed by atoms with Gasteiger partial charge in [-0.2, -0.15) is 0 Å². The van der Waals surface area contributed by atoms with Crippen molar-refractivity contribution in [2.24, 2.45) is 11.6 Å². The predicted molar refractivity (Wildman–Crippen MR) is 141 cm³/mol. The largest absolute Gasteiger partial charge is 0.493 e. The van der Waals surface area contributed by atoms with Gasteiger partial charge < -0.3 is 31.7 Å². The molecule has 0 aliphatic heterocycles. The van der Waals surface area contributed by atoms with Crippen LogP contribution in [-0.4, -0.2) is 33.6 Å². The third-order valence-corrected chi connectivity index (χ3v) is 4.52. The third kappa shape index (κ3) is 8.76. The highest BCUT2D eigenvalue weighted by atomic mass is 16.5. The molecule has 1 heterocycles. The van der Waals surface area contributed by atoms with Crippen molar-refractivity contribution in [2.75, 3.05) is 17.8 Å². The number of benzene rings is 2. The number of rotatable bonds is 8. The number of aryl methyl sites for hydroxylation is 1. The van der Waals surface area contributed by atoms with Crippen LogP contribution < -0.4 is 33.0 Å². The van der Waals surface area contributed by atoms with E-state index in [0.29, 0.717) is 24.3 Å². The fourth-order valence-corrected chi connectivity index (χ4v) is 3.05. The molecule has 0 aliphatic carbocycles. The summed E-state index contributed by atoms with van der Waals surface area (Å²) < 4.78 is 5.78. The molecule has 0 unspecified atom stereocenters. The van der Waals surface area contributed by atoms with Crippen molar-refractivity contribution >= 4 is 23.4 Å². The number of nitrogen functional groups attached to an aromatic ring is 2. The summed E-state index contributed by atoms with van der Waals surface area (Å²) in [5.74, 6) is 5.12. The third-order valence-electron chi connectivity index (χ3n) is 4.52. The number of ether oxygens (including phenoxy) is 1. The molecule has 0 saturated carbocycles. The molecule has 36 heavy (non-hydrogen) atoms. The monoisotopic (exact) mass is 498 g/mol. The Morgan fingerprint density at radius 1 is 1.14 bits per heavy atom. The highest BCUT2D eigenvalue weighted by molar-refractivity contribution is 5.75. The molecule has 11 heteroatoms. The molecule has 9 N–H and O–H groups in total. The average molecular weight is 499 g/mol. The second kappa shape index (κ2) is 14.8. The number of H-pyrrole nitrogens is 1. The van der Waals surface area contributed by atoms with Crippen LogP contribution in [0, 0.1) is 0 Å². The number of nitrogens with zero attached hydrogens (tertiary/aromatic N) is 1. The smallest absolute Gasteiger partial charge is 0.303 e. The Morgan fingerprint density at radius 2 is 1.78 bits per heavy atom. The topological polar surface area (TPSA) is 199 Å². The van der Waals surface area contributed by atoms with Gasteiger partial charge >= 0.3 is 5.97 Å². The zero-order chi connectivity index (χ0) is 27.3. The Morgan fingerprint density at radius 3 is 2.36 bits per heavy atom. The Labute approximate surface area is 209 Å². The number of nitrogens with two attached hydrogens (primary N) is 3. The number of carboxylic acids is 1. The van der Waals surface area contributed by atoms with E-state index in [2.05, 4.69) is 21.1 Å². The summed E-state index contributed by atoms with van der Waals surface area (Å²) in [6.45, 7) is 7.57. The SMILES string of the molecule is CC.CC(N)=O.CCOc1cc(-c2cccc(CCC(=O)O)c2)ccc1-c1nc(NN)c(N)c(=O)[nH]1. The standard InChI is InChI=1S/C21H23N5O4.C2H5NO.C2H6/c1-2-30-16-11-14(13-5-3-4-12(10-13)6-9-17(27)28)7-8-15(16)19-24-20(26-23)18(22)21(29)25-19;1-2(3)4;1-2/h3-5,7-8,10-11H,2,6,9,22-23H2,1H3,(H,27,28)(H2,24,25,26,29);1H3,(H2,3,4);1-2H3. The minimum absolute atomic E-state index is 0.0697. The molecule has 1 amide bonds. The van der Waals surface area contributed by atoms with E-state index in [1.807, 2.05) is 57.2 Å². The van der Waals surface area contributed by atoms with Crippen LogP contribution in [0.2, 0.25) is 0 Å². The fraction of sp³-hybridized carbons (Fsp3) is 0.280. The molecule has 0 spiro atoms. The summed E-state index contributed by atoms with van der Waals surface area (Å²) in [6, 6.07) is 13.2. The van der Waals surface area contributed by atoms with Crippen molar-refractivity contribution in [1.82, 2.24) is 9.97 Å². The van der Waals surface area contributed by atoms with E-state index in [-0.39, 0.29) is 29.7 Å². The highest BCUT2D eigenvalue weighted by Gasteiger charge is 2.14. The zero-order valence-electron chi connectivity index (χ0n) is 20.9. The van der Waals surface area contributed by atoms with Gasteiger partial charge in [0.25, 0.3) is 5.56 Å². The highest BCUT2D eigenvalue weighted by Crippen LogP contribution is 2.33. The lowest BCUT2D eigenvalue weighted by Crippen LogP contribution is -2.20. The summed E-state index contributed by atoms with van der Waals surface area (Å²) in [6.07, 6.45) is 0.519. The van der Waals surface area contributed by atoms with Crippen molar-refractivity contribution in [3.63, 3.8) is 0 Å². The number of primary amides is 1. The molecule has 0 saturated heterocycles. The summed E-state index contributed by atoms with van der Waals surface area (Å²) in [7, 11) is 0. The maximum absolute atomic E-state index is 12.1. The summed E-state index contributed by atoms with van der Waals surface area (Å²) in [4.78, 5) is 39.1. The Bertz CT molecular complexity index is 1220. The number of anilines is 2. The Hall–Kier alpha value is -4.38. The molecule has 11 nitrogen and oxygen atoms in total. The van der Waals surface area contributed by atoms with Crippen LogP contribution in [0.1, 0.15) is 39.7 Å². The number of aromatic amines is 1. The summed E-state index contributed by atoms with van der Waals surface area (Å²) in [5, 5.41) is 8.90. The zero-order valence-corrected chi connectivity index (χ0v) is 20.9. The van der Waals surface area contributed by atoms with Gasteiger partial charge in [0, 0.05) is 13.3 Å². The molecule has 0 radical (unpaired) electrons. The van der Waals surface area contributed by atoms with E-state index in [1.165, 1.54) is 6.92 Å². The van der Waals surface area contributed by atoms with Gasteiger partial charge in [-0.15, -0.1) is 0 Å². The van der Waals surface area contributed by atoms with Crippen LogP contribution in [0.15, 0.2) is 47.3 Å². The van der Waals surface area contributed by atoms with Crippen LogP contribution in [0.25, 0.3) is 22.5 Å². The normalized spacial score (nSPS) is 9.69. The number of carboxylic acid groups (broad SMARTS) is 1. The summed E-state index contributed by atoms with van der Waals surface area (Å²) in [5.41, 5.74) is 15.2. The van der Waals surface area contributed by atoms with E-state index in [9.17, 15) is 14.4 Å². The molecule has 1 aromatic heterocycles. The molecule has 0 fully saturated rings. The van der Waals surface area contributed by atoms with Crippen molar-refractivity contribution in [3.05, 3.63) is 58.4 Å². The van der Waals surface area contributed by atoms with Gasteiger partial charge in [-0.25, -0.2) is 10.8 Å². The number of aromatic nitrogens is 2. The van der Waals surface area contributed by atoms with E-state index < -0.39 is 11.5 Å². The number of carbonyl (C=O) groups is 2. The van der Waals surface area contributed by atoms with Gasteiger partial charge in [-0.1, -0.05) is 44.2 Å². The average Bonchev–Trinajstić information content (AvgIpc) is 2.85. The number of hydrogen-bond donors (Lipinski definition) is 6. The number of hydrogen-bond acceptors (Lipinski definition) is 8. The predicted octanol–water partition coefficient (Wildman–Crippen LogP) is 2.91. The molecular weight excluding hydrogens is 464 g/mol. The first-order valence-electron chi connectivity index (χ1n) is 11.4. The second-order valence-electron chi connectivity index (χ2n) is 7.17. The lowest BCUT2D eigenvalue weighted by molar-refractivity contribution is -0.137. The molecule has 194 valence electrons. The van der Waals surface area contributed by atoms with E-state index >= 15 is 0 Å². The lowest BCUT2D eigenvalue weighted by Gasteiger charge is -2.14. The van der Waals surface area contributed by atoms with Crippen molar-refractivity contribution < 1.29 is 19.4 Å². The van der Waals surface area contributed by atoms with Crippen molar-refractivity contribution in [3.8, 4) is 28.3 Å². The van der Waals surface area contributed by atoms with E-state index in [4.69, 9.17) is 21.4 Å². The van der Waals surface area contributed by atoms with Gasteiger partial charge in [0.1, 0.15) is 17.3 Å². The lowest BCUT2D eigenvalue weighted by atomic mass is 9.99. The molecule has 0 aliphatic rings. The molecule has 3 aromatic rings. The minimum atomic E-state index is -0.834. The van der Waals surface area contributed by atoms with Crippen LogP contribution in [0.5, 0.6) is 5.75 Å². The maximum atomic E-state index is 12.1. The van der Waals surface area contributed by atoms with Gasteiger partial charge in [0.05, 0.1) is 12.2 Å². The maximum Gasteiger partial charge on any atom is 0.303 e.